The SMILES string of the molecule is [C-]#[N+]C(=Cc1ccc([N+](=O)[O-])cc1)S(=O)(=O)c1ccc(C)cc1. The largest absolute Gasteiger partial charge is 0.283 e. The van der Waals surface area contributed by atoms with Crippen molar-refractivity contribution in [1.29, 1.82) is 0 Å². The molecule has 0 N–H and O–H groups in total. The summed E-state index contributed by atoms with van der Waals surface area (Å²) < 4.78 is 24.9. The van der Waals surface area contributed by atoms with Gasteiger partial charge in [-0.2, -0.15) is 0 Å². The number of nitrogens with zero attached hydrogens (tertiary/aromatic N) is 2. The third-order valence-electron chi connectivity index (χ3n) is 3.11. The number of aryl methyl sites for hydroxylation is 1. The molecular weight excluding hydrogens is 316 g/mol. The number of non-ortho nitro benzene ring substituents is 1. The van der Waals surface area contributed by atoms with Gasteiger partial charge in [-0.1, -0.05) is 17.7 Å². The van der Waals surface area contributed by atoms with Crippen LogP contribution in [-0.4, -0.2) is 13.3 Å². The van der Waals surface area contributed by atoms with Crippen LogP contribution in [0.2, 0.25) is 0 Å². The van der Waals surface area contributed by atoms with Gasteiger partial charge in [-0.05, 0) is 42.8 Å². The first kappa shape index (κ1) is 16.4. The van der Waals surface area contributed by atoms with Crippen molar-refractivity contribution < 1.29 is 13.3 Å². The Labute approximate surface area is 133 Å². The highest BCUT2D eigenvalue weighted by Crippen LogP contribution is 2.23. The van der Waals surface area contributed by atoms with Crippen LogP contribution in [-0.2, 0) is 9.84 Å². The van der Waals surface area contributed by atoms with Crippen LogP contribution >= 0.6 is 0 Å². The van der Waals surface area contributed by atoms with Crippen molar-refractivity contribution in [3.63, 3.8) is 0 Å². The fourth-order valence-corrected chi connectivity index (χ4v) is 2.99. The van der Waals surface area contributed by atoms with E-state index in [1.807, 2.05) is 6.92 Å². The fraction of sp³-hybridized carbons (Fsp3) is 0.0625. The molecule has 0 unspecified atom stereocenters. The Balaban J connectivity index is 2.44. The van der Waals surface area contributed by atoms with Gasteiger partial charge in [0.2, 0.25) is 9.84 Å². The predicted molar refractivity (Wildman–Crippen MR) is 86.0 cm³/mol. The van der Waals surface area contributed by atoms with Crippen molar-refractivity contribution in [1.82, 2.24) is 0 Å². The number of nitro benzene ring substituents is 1. The molecule has 0 heterocycles. The minimum absolute atomic E-state index is 0.0345. The van der Waals surface area contributed by atoms with Gasteiger partial charge in [0.15, 0.2) is 0 Å². The molecule has 2 rings (SSSR count). The maximum Gasteiger partial charge on any atom is 0.283 e. The summed E-state index contributed by atoms with van der Waals surface area (Å²) in [6.45, 7) is 8.97. The highest BCUT2D eigenvalue weighted by molar-refractivity contribution is 7.95. The molecule has 0 saturated carbocycles. The highest BCUT2D eigenvalue weighted by atomic mass is 32.2. The molecule has 0 aliphatic heterocycles. The van der Waals surface area contributed by atoms with E-state index in [0.29, 0.717) is 5.56 Å². The summed E-state index contributed by atoms with van der Waals surface area (Å²) >= 11 is 0. The number of nitro groups is 1. The highest BCUT2D eigenvalue weighted by Gasteiger charge is 2.21. The third-order valence-corrected chi connectivity index (χ3v) is 4.76. The van der Waals surface area contributed by atoms with Crippen LogP contribution < -0.4 is 0 Å². The Morgan fingerprint density at radius 2 is 1.70 bits per heavy atom. The Bertz CT molecular complexity index is 906. The van der Waals surface area contributed by atoms with E-state index in [0.717, 1.165) is 5.56 Å². The van der Waals surface area contributed by atoms with Crippen LogP contribution in [0.15, 0.2) is 58.5 Å². The van der Waals surface area contributed by atoms with Gasteiger partial charge in [0.1, 0.15) is 0 Å². The lowest BCUT2D eigenvalue weighted by Crippen LogP contribution is -2.02. The molecule has 0 spiro atoms. The van der Waals surface area contributed by atoms with Gasteiger partial charge in [-0.3, -0.25) is 10.1 Å². The van der Waals surface area contributed by atoms with Crippen molar-refractivity contribution in [3.05, 3.63) is 86.2 Å². The molecule has 23 heavy (non-hydrogen) atoms. The zero-order chi connectivity index (χ0) is 17.0. The first-order valence-electron chi connectivity index (χ1n) is 6.50. The predicted octanol–water partition coefficient (Wildman–Crippen LogP) is 3.59. The van der Waals surface area contributed by atoms with Crippen molar-refractivity contribution in [2.45, 2.75) is 11.8 Å². The Morgan fingerprint density at radius 3 is 2.17 bits per heavy atom. The van der Waals surface area contributed by atoms with E-state index in [9.17, 15) is 18.5 Å². The smallest absolute Gasteiger partial charge is 0.258 e. The third kappa shape index (κ3) is 3.62. The summed E-state index contributed by atoms with van der Waals surface area (Å²) in [5.41, 5.74) is 1.21. The van der Waals surface area contributed by atoms with Gasteiger partial charge in [0.05, 0.1) is 16.4 Å². The Morgan fingerprint density at radius 1 is 1.13 bits per heavy atom. The molecule has 2 aromatic rings. The van der Waals surface area contributed by atoms with Gasteiger partial charge in [-0.25, -0.2) is 13.3 Å². The summed E-state index contributed by atoms with van der Waals surface area (Å²) in [6, 6.07) is 11.5. The van der Waals surface area contributed by atoms with Crippen LogP contribution in [0, 0.1) is 23.6 Å². The lowest BCUT2D eigenvalue weighted by molar-refractivity contribution is -0.384. The maximum absolute atomic E-state index is 12.5. The van der Waals surface area contributed by atoms with Crippen molar-refractivity contribution in [3.8, 4) is 0 Å². The summed E-state index contributed by atoms with van der Waals surface area (Å²) in [7, 11) is -3.92. The summed E-state index contributed by atoms with van der Waals surface area (Å²) in [5, 5.41) is 10.2. The number of sulfone groups is 1. The van der Waals surface area contributed by atoms with E-state index < -0.39 is 19.8 Å². The molecule has 0 radical (unpaired) electrons. The Kier molecular flexibility index (Phi) is 4.57. The second kappa shape index (κ2) is 6.42. The number of rotatable bonds is 4. The van der Waals surface area contributed by atoms with Crippen LogP contribution in [0.5, 0.6) is 0 Å². The van der Waals surface area contributed by atoms with E-state index in [2.05, 4.69) is 4.85 Å². The Hall–Kier alpha value is -2.98. The molecule has 0 aliphatic carbocycles. The van der Waals surface area contributed by atoms with Gasteiger partial charge < -0.3 is 0 Å². The second-order valence-corrected chi connectivity index (χ2v) is 6.66. The molecular formula is C16H12N2O4S. The average Bonchev–Trinajstić information content (AvgIpc) is 2.53. The lowest BCUT2D eigenvalue weighted by Gasteiger charge is -2.03. The van der Waals surface area contributed by atoms with Gasteiger partial charge >= 0.3 is 0 Å². The second-order valence-electron chi connectivity index (χ2n) is 4.76. The molecule has 0 bridgehead atoms. The molecule has 0 amide bonds. The van der Waals surface area contributed by atoms with Crippen LogP contribution in [0.25, 0.3) is 10.9 Å². The number of benzene rings is 2. The fourth-order valence-electron chi connectivity index (χ4n) is 1.84. The molecule has 2 aromatic carbocycles. The van der Waals surface area contributed by atoms with Crippen LogP contribution in [0.3, 0.4) is 0 Å². The lowest BCUT2D eigenvalue weighted by atomic mass is 10.2. The van der Waals surface area contributed by atoms with Gasteiger partial charge in [0.25, 0.3) is 10.7 Å². The van der Waals surface area contributed by atoms with E-state index in [1.54, 1.807) is 12.1 Å². The van der Waals surface area contributed by atoms with Crippen molar-refractivity contribution in [2.24, 2.45) is 0 Å². The summed E-state index contributed by atoms with van der Waals surface area (Å²) in [4.78, 5) is 13.2. The van der Waals surface area contributed by atoms with Crippen molar-refractivity contribution in [2.75, 3.05) is 0 Å². The quantitative estimate of drug-likeness (QED) is 0.488. The van der Waals surface area contributed by atoms with Crippen LogP contribution in [0.1, 0.15) is 11.1 Å². The standard InChI is InChI=1S/C16H12N2O4S/c1-12-3-9-15(10-4-12)23(21,22)16(17-2)11-13-5-7-14(8-6-13)18(19)20/h3-11H,1H3. The first-order chi connectivity index (χ1) is 10.8. The van der Waals surface area contributed by atoms with Gasteiger partial charge in [-0.15, -0.1) is 0 Å². The topological polar surface area (TPSA) is 81.6 Å². The van der Waals surface area contributed by atoms with Gasteiger partial charge in [0, 0.05) is 12.1 Å². The van der Waals surface area contributed by atoms with Crippen molar-refractivity contribution >= 4 is 21.6 Å². The minimum Gasteiger partial charge on any atom is -0.258 e. The van der Waals surface area contributed by atoms with E-state index in [1.165, 1.54) is 42.5 Å². The zero-order valence-electron chi connectivity index (χ0n) is 12.1. The molecule has 0 fully saturated rings. The number of hydrogen-bond acceptors (Lipinski definition) is 4. The van der Waals surface area contributed by atoms with Crippen LogP contribution in [0.4, 0.5) is 5.69 Å². The van der Waals surface area contributed by atoms with E-state index >= 15 is 0 Å². The molecule has 7 heteroatoms. The zero-order valence-corrected chi connectivity index (χ0v) is 12.9. The summed E-state index contributed by atoms with van der Waals surface area (Å²) in [6.07, 6.45) is 1.20. The monoisotopic (exact) mass is 328 g/mol. The molecule has 0 aliphatic rings. The maximum atomic E-state index is 12.5. The normalized spacial score (nSPS) is 11.7. The molecule has 0 aromatic heterocycles. The number of hydrogen-bond donors (Lipinski definition) is 0. The summed E-state index contributed by atoms with van der Waals surface area (Å²) in [5.74, 6) is 0. The van der Waals surface area contributed by atoms with E-state index in [-0.39, 0.29) is 10.6 Å². The minimum atomic E-state index is -3.92. The molecule has 116 valence electrons. The first-order valence-corrected chi connectivity index (χ1v) is 7.98. The molecule has 0 atom stereocenters. The average molecular weight is 328 g/mol. The van der Waals surface area contributed by atoms with E-state index in [4.69, 9.17) is 6.57 Å². The molecule has 6 nitrogen and oxygen atoms in total. The molecule has 0 saturated heterocycles.